The molecule has 0 fully saturated rings. The van der Waals surface area contributed by atoms with Crippen LogP contribution in [0, 0.1) is 11.3 Å². The molecule has 0 bridgehead atoms. The minimum Gasteiger partial charge on any atom is -0.493 e. The van der Waals surface area contributed by atoms with E-state index in [9.17, 15) is 10.1 Å². The van der Waals surface area contributed by atoms with Crippen LogP contribution in [0.15, 0.2) is 42.5 Å². The van der Waals surface area contributed by atoms with Crippen LogP contribution in [0.25, 0.3) is 11.0 Å². The van der Waals surface area contributed by atoms with Gasteiger partial charge in [-0.25, -0.2) is 4.98 Å². The van der Waals surface area contributed by atoms with Gasteiger partial charge in [0.1, 0.15) is 11.6 Å². The molecule has 2 heterocycles. The number of nitrogens with zero attached hydrogens (tertiary/aromatic N) is 3. The number of Topliss-reactive ketones (excluding diaryl/α,β-unsaturated/α-hetero) is 1. The highest BCUT2D eigenvalue weighted by Gasteiger charge is 2.28. The van der Waals surface area contributed by atoms with Gasteiger partial charge in [-0.05, 0) is 35.9 Å². The number of nitriles is 1. The van der Waals surface area contributed by atoms with E-state index in [4.69, 9.17) is 4.74 Å². The van der Waals surface area contributed by atoms with Gasteiger partial charge in [-0.15, -0.1) is 0 Å². The zero-order chi connectivity index (χ0) is 16.7. The Bertz CT molecular complexity index is 998. The highest BCUT2D eigenvalue weighted by Crippen LogP contribution is 2.29. The van der Waals surface area contributed by atoms with E-state index >= 15 is 0 Å². The molecule has 0 saturated heterocycles. The van der Waals surface area contributed by atoms with Crippen LogP contribution in [-0.2, 0) is 13.5 Å². The summed E-state index contributed by atoms with van der Waals surface area (Å²) in [6.07, 6.45) is 0.792. The van der Waals surface area contributed by atoms with Crippen molar-refractivity contribution in [2.45, 2.75) is 12.3 Å². The molecule has 0 radical (unpaired) electrons. The summed E-state index contributed by atoms with van der Waals surface area (Å²) in [6, 6.07) is 15.1. The molecule has 0 spiro atoms. The molecule has 0 N–H and O–H groups in total. The van der Waals surface area contributed by atoms with Crippen molar-refractivity contribution >= 4 is 16.8 Å². The lowest BCUT2D eigenvalue weighted by molar-refractivity contribution is 0.0975. The Hall–Kier alpha value is -3.13. The summed E-state index contributed by atoms with van der Waals surface area (Å²) in [5.41, 5.74) is 3.23. The van der Waals surface area contributed by atoms with Gasteiger partial charge >= 0.3 is 0 Å². The maximum atomic E-state index is 12.9. The van der Waals surface area contributed by atoms with Crippen LogP contribution in [0.1, 0.15) is 27.7 Å². The van der Waals surface area contributed by atoms with Crippen LogP contribution in [0.5, 0.6) is 5.75 Å². The number of carbonyl (C=O) groups is 1. The van der Waals surface area contributed by atoms with Crippen molar-refractivity contribution in [2.75, 3.05) is 6.61 Å². The van der Waals surface area contributed by atoms with Gasteiger partial charge in [0, 0.05) is 19.0 Å². The molecule has 1 aliphatic heterocycles. The Morgan fingerprint density at radius 3 is 2.96 bits per heavy atom. The summed E-state index contributed by atoms with van der Waals surface area (Å²) in [6.45, 7) is 0.638. The van der Waals surface area contributed by atoms with Gasteiger partial charge in [-0.2, -0.15) is 5.26 Å². The van der Waals surface area contributed by atoms with Crippen molar-refractivity contribution < 1.29 is 9.53 Å². The molecule has 5 nitrogen and oxygen atoms in total. The van der Waals surface area contributed by atoms with Crippen LogP contribution < -0.4 is 4.74 Å². The quantitative estimate of drug-likeness (QED) is 0.696. The molecule has 0 aliphatic carbocycles. The first-order valence-electron chi connectivity index (χ1n) is 7.80. The van der Waals surface area contributed by atoms with E-state index in [2.05, 4.69) is 11.1 Å². The second-order valence-electron chi connectivity index (χ2n) is 5.87. The molecule has 1 unspecified atom stereocenters. The molecule has 4 rings (SSSR count). The fraction of sp³-hybridized carbons (Fsp3) is 0.211. The Kier molecular flexibility index (Phi) is 3.31. The van der Waals surface area contributed by atoms with Gasteiger partial charge in [-0.3, -0.25) is 4.79 Å². The van der Waals surface area contributed by atoms with E-state index in [0.717, 1.165) is 28.8 Å². The molecular formula is C19H15N3O2. The second-order valence-corrected chi connectivity index (χ2v) is 5.87. The van der Waals surface area contributed by atoms with Crippen molar-refractivity contribution in [2.24, 2.45) is 7.05 Å². The third kappa shape index (κ3) is 2.16. The minimum absolute atomic E-state index is 0.231. The van der Waals surface area contributed by atoms with Crippen molar-refractivity contribution in [3.63, 3.8) is 0 Å². The predicted octanol–water partition coefficient (Wildman–Crippen LogP) is 3.00. The lowest BCUT2D eigenvalue weighted by atomic mass is 9.96. The van der Waals surface area contributed by atoms with E-state index in [1.807, 2.05) is 41.9 Å². The smallest absolute Gasteiger partial charge is 0.187 e. The third-order valence-corrected chi connectivity index (χ3v) is 4.45. The molecule has 1 aromatic heterocycles. The summed E-state index contributed by atoms with van der Waals surface area (Å²) in [4.78, 5) is 17.4. The zero-order valence-electron chi connectivity index (χ0n) is 13.2. The van der Waals surface area contributed by atoms with Gasteiger partial charge in [0.05, 0.1) is 23.7 Å². The summed E-state index contributed by atoms with van der Waals surface area (Å²) in [7, 11) is 1.83. The van der Waals surface area contributed by atoms with Gasteiger partial charge in [0.2, 0.25) is 0 Å². The number of aryl methyl sites for hydroxylation is 1. The molecule has 3 aromatic rings. The molecule has 2 aromatic carbocycles. The molecule has 0 saturated carbocycles. The maximum absolute atomic E-state index is 12.9. The number of rotatable bonds is 3. The molecule has 24 heavy (non-hydrogen) atoms. The summed E-state index contributed by atoms with van der Waals surface area (Å²) in [5.74, 6) is 0.136. The normalized spacial score (nSPS) is 14.0. The number of ether oxygens (including phenoxy) is 1. The second kappa shape index (κ2) is 5.50. The van der Waals surface area contributed by atoms with E-state index in [1.165, 1.54) is 0 Å². The standard InChI is InChI=1S/C19H15N3O2/c1-22-16-5-3-2-4-15(16)21-19(22)14(11-20)18(23)13-6-7-17-12(10-13)8-9-24-17/h2-7,10,14H,8-9H2,1H3. The number of benzene rings is 2. The van der Waals surface area contributed by atoms with Crippen LogP contribution >= 0.6 is 0 Å². The first-order chi connectivity index (χ1) is 11.7. The summed E-state index contributed by atoms with van der Waals surface area (Å²) < 4.78 is 7.29. The lowest BCUT2D eigenvalue weighted by Crippen LogP contribution is -2.15. The van der Waals surface area contributed by atoms with Crippen LogP contribution in [0.3, 0.4) is 0 Å². The van der Waals surface area contributed by atoms with Crippen LogP contribution in [0.2, 0.25) is 0 Å². The average Bonchev–Trinajstić information content (AvgIpc) is 3.20. The monoisotopic (exact) mass is 317 g/mol. The molecule has 5 heteroatoms. The van der Waals surface area contributed by atoms with E-state index < -0.39 is 5.92 Å². The average molecular weight is 317 g/mol. The molecule has 118 valence electrons. The number of para-hydroxylation sites is 2. The SMILES string of the molecule is Cn1c(C(C#N)C(=O)c2ccc3c(c2)CCO3)nc2ccccc21. The van der Waals surface area contributed by atoms with Crippen molar-refractivity contribution in [1.29, 1.82) is 5.26 Å². The van der Waals surface area contributed by atoms with Crippen molar-refractivity contribution in [3.05, 3.63) is 59.4 Å². The van der Waals surface area contributed by atoms with Gasteiger partial charge in [0.25, 0.3) is 0 Å². The highest BCUT2D eigenvalue weighted by atomic mass is 16.5. The van der Waals surface area contributed by atoms with Gasteiger partial charge < -0.3 is 9.30 Å². The number of ketones is 1. The Morgan fingerprint density at radius 1 is 1.33 bits per heavy atom. The number of aromatic nitrogens is 2. The summed E-state index contributed by atoms with van der Waals surface area (Å²) in [5, 5.41) is 9.61. The first kappa shape index (κ1) is 14.5. The number of carbonyl (C=O) groups excluding carboxylic acids is 1. The van der Waals surface area contributed by atoms with Crippen molar-refractivity contribution in [1.82, 2.24) is 9.55 Å². The fourth-order valence-electron chi connectivity index (χ4n) is 3.16. The first-order valence-corrected chi connectivity index (χ1v) is 7.80. The summed E-state index contributed by atoms with van der Waals surface area (Å²) >= 11 is 0. The fourth-order valence-corrected chi connectivity index (χ4v) is 3.16. The minimum atomic E-state index is -0.928. The molecule has 1 aliphatic rings. The maximum Gasteiger partial charge on any atom is 0.187 e. The molecule has 1 atom stereocenters. The number of fused-ring (bicyclic) bond motifs is 2. The number of imidazole rings is 1. The van der Waals surface area contributed by atoms with Gasteiger partial charge in [-0.1, -0.05) is 12.1 Å². The predicted molar refractivity (Wildman–Crippen MR) is 89.0 cm³/mol. The van der Waals surface area contributed by atoms with Gasteiger partial charge in [0.15, 0.2) is 11.7 Å². The number of hydrogen-bond donors (Lipinski definition) is 0. The van der Waals surface area contributed by atoms with E-state index in [-0.39, 0.29) is 5.78 Å². The molecular weight excluding hydrogens is 302 g/mol. The van der Waals surface area contributed by atoms with Crippen molar-refractivity contribution in [3.8, 4) is 11.8 Å². The highest BCUT2D eigenvalue weighted by molar-refractivity contribution is 6.03. The van der Waals surface area contributed by atoms with E-state index in [1.54, 1.807) is 12.1 Å². The van der Waals surface area contributed by atoms with Crippen LogP contribution in [-0.4, -0.2) is 21.9 Å². The third-order valence-electron chi connectivity index (χ3n) is 4.45. The lowest BCUT2D eigenvalue weighted by Gasteiger charge is -2.09. The largest absolute Gasteiger partial charge is 0.493 e. The molecule has 0 amide bonds. The van der Waals surface area contributed by atoms with Crippen LogP contribution in [0.4, 0.5) is 0 Å². The Labute approximate surface area is 139 Å². The Balaban J connectivity index is 1.76. The zero-order valence-corrected chi connectivity index (χ0v) is 13.2. The Morgan fingerprint density at radius 2 is 2.17 bits per heavy atom. The number of hydrogen-bond acceptors (Lipinski definition) is 4. The van der Waals surface area contributed by atoms with E-state index in [0.29, 0.717) is 18.0 Å². The topological polar surface area (TPSA) is 67.9 Å².